The third-order valence-corrected chi connectivity index (χ3v) is 3.11. The zero-order valence-electron chi connectivity index (χ0n) is 12.3. The fourth-order valence-corrected chi connectivity index (χ4v) is 1.98. The quantitative estimate of drug-likeness (QED) is 0.836. The summed E-state index contributed by atoms with van der Waals surface area (Å²) in [6.45, 7) is -0.678. The van der Waals surface area contributed by atoms with Crippen LogP contribution in [0.4, 0.5) is 4.39 Å². The number of benzene rings is 1. The molecule has 8 heteroatoms. The highest BCUT2D eigenvalue weighted by Crippen LogP contribution is 2.15. The summed E-state index contributed by atoms with van der Waals surface area (Å²) < 4.78 is 20.3. The number of ether oxygens (including phenoxy) is 1. The number of para-hydroxylation sites is 1. The lowest BCUT2D eigenvalue weighted by atomic mass is 10.3. The van der Waals surface area contributed by atoms with Gasteiger partial charge in [0.1, 0.15) is 24.3 Å². The SMILES string of the molecule is Cn1cc(C#N)c(=O)n(CC(O)COc2ccccc2F)c1=O. The van der Waals surface area contributed by atoms with E-state index >= 15 is 0 Å². The van der Waals surface area contributed by atoms with Gasteiger partial charge in [-0.1, -0.05) is 12.1 Å². The molecule has 0 radical (unpaired) electrons. The molecule has 2 rings (SSSR count). The summed E-state index contributed by atoms with van der Waals surface area (Å²) in [7, 11) is 1.39. The zero-order chi connectivity index (χ0) is 17.0. The molecule has 2 aromatic rings. The highest BCUT2D eigenvalue weighted by Gasteiger charge is 2.15. The Morgan fingerprint density at radius 1 is 1.39 bits per heavy atom. The third kappa shape index (κ3) is 3.64. The second kappa shape index (κ2) is 6.89. The lowest BCUT2D eigenvalue weighted by Gasteiger charge is -2.14. The minimum atomic E-state index is -1.23. The number of halogens is 1. The van der Waals surface area contributed by atoms with E-state index in [1.54, 1.807) is 12.1 Å². The largest absolute Gasteiger partial charge is 0.488 e. The first-order valence-corrected chi connectivity index (χ1v) is 6.70. The fourth-order valence-electron chi connectivity index (χ4n) is 1.98. The van der Waals surface area contributed by atoms with Crippen molar-refractivity contribution in [3.05, 3.63) is 62.7 Å². The summed E-state index contributed by atoms with van der Waals surface area (Å²) in [6, 6.07) is 7.35. The number of aliphatic hydroxyl groups is 1. The maximum Gasteiger partial charge on any atom is 0.330 e. The van der Waals surface area contributed by atoms with Crippen LogP contribution in [0.3, 0.4) is 0 Å². The van der Waals surface area contributed by atoms with Gasteiger partial charge in [0.15, 0.2) is 11.6 Å². The molecule has 0 aliphatic heterocycles. The van der Waals surface area contributed by atoms with E-state index in [9.17, 15) is 19.1 Å². The van der Waals surface area contributed by atoms with E-state index in [0.717, 1.165) is 15.3 Å². The molecule has 0 amide bonds. The second-order valence-electron chi connectivity index (χ2n) is 4.86. The van der Waals surface area contributed by atoms with E-state index < -0.39 is 23.2 Å². The van der Waals surface area contributed by atoms with Crippen molar-refractivity contribution >= 4 is 0 Å². The Labute approximate surface area is 130 Å². The van der Waals surface area contributed by atoms with Gasteiger partial charge in [-0.2, -0.15) is 5.26 Å². The van der Waals surface area contributed by atoms with Crippen molar-refractivity contribution in [2.75, 3.05) is 6.61 Å². The lowest BCUT2D eigenvalue weighted by Crippen LogP contribution is -2.43. The van der Waals surface area contributed by atoms with Crippen LogP contribution in [0.1, 0.15) is 5.56 Å². The molecule has 1 atom stereocenters. The van der Waals surface area contributed by atoms with Gasteiger partial charge in [0.2, 0.25) is 0 Å². The van der Waals surface area contributed by atoms with Gasteiger partial charge in [-0.15, -0.1) is 0 Å². The molecule has 1 N–H and O–H groups in total. The maximum absolute atomic E-state index is 13.4. The highest BCUT2D eigenvalue weighted by molar-refractivity contribution is 5.24. The van der Waals surface area contributed by atoms with Gasteiger partial charge < -0.3 is 14.4 Å². The average Bonchev–Trinajstić information content (AvgIpc) is 2.54. The minimum absolute atomic E-state index is 0.0439. The third-order valence-electron chi connectivity index (χ3n) is 3.11. The molecule has 0 saturated carbocycles. The molecular formula is C15H14FN3O4. The molecule has 0 saturated heterocycles. The number of hydrogen-bond acceptors (Lipinski definition) is 5. The molecule has 1 heterocycles. The van der Waals surface area contributed by atoms with E-state index in [1.807, 2.05) is 0 Å². The van der Waals surface area contributed by atoms with Crippen LogP contribution in [0.5, 0.6) is 5.75 Å². The number of rotatable bonds is 5. The number of nitriles is 1. The molecule has 0 bridgehead atoms. The van der Waals surface area contributed by atoms with Crippen LogP contribution in [0, 0.1) is 17.1 Å². The van der Waals surface area contributed by atoms with Crippen molar-refractivity contribution in [1.82, 2.24) is 9.13 Å². The van der Waals surface area contributed by atoms with Gasteiger partial charge in [0.25, 0.3) is 5.56 Å². The van der Waals surface area contributed by atoms with E-state index in [2.05, 4.69) is 0 Å². The minimum Gasteiger partial charge on any atom is -0.488 e. The first-order chi connectivity index (χ1) is 10.9. The molecule has 7 nitrogen and oxygen atoms in total. The smallest absolute Gasteiger partial charge is 0.330 e. The number of aliphatic hydroxyl groups excluding tert-OH is 1. The molecular weight excluding hydrogens is 305 g/mol. The van der Waals surface area contributed by atoms with Crippen molar-refractivity contribution in [3.63, 3.8) is 0 Å². The topological polar surface area (TPSA) is 97.2 Å². The first kappa shape index (κ1) is 16.5. The molecule has 0 aliphatic carbocycles. The Hall–Kier alpha value is -2.92. The predicted octanol–water partition coefficient (Wildman–Crippen LogP) is -0.00232. The van der Waals surface area contributed by atoms with Crippen LogP contribution in [-0.4, -0.2) is 27.0 Å². The van der Waals surface area contributed by atoms with E-state index in [4.69, 9.17) is 10.00 Å². The Bertz CT molecular complexity index is 866. The van der Waals surface area contributed by atoms with Crippen LogP contribution >= 0.6 is 0 Å². The fraction of sp³-hybridized carbons (Fsp3) is 0.267. The molecule has 1 unspecified atom stereocenters. The standard InChI is InChI=1S/C15H14FN3O4/c1-18-7-10(6-17)14(21)19(15(18)22)8-11(20)9-23-13-5-3-2-4-12(13)16/h2-5,7,11,20H,8-9H2,1H3. The number of aromatic nitrogens is 2. The number of hydrogen-bond donors (Lipinski definition) is 1. The predicted molar refractivity (Wildman–Crippen MR) is 78.6 cm³/mol. The summed E-state index contributed by atoms with van der Waals surface area (Å²) in [5.74, 6) is -0.628. The summed E-state index contributed by atoms with van der Waals surface area (Å²) >= 11 is 0. The Balaban J connectivity index is 2.15. The lowest BCUT2D eigenvalue weighted by molar-refractivity contribution is 0.0881. The highest BCUT2D eigenvalue weighted by atomic mass is 19.1. The van der Waals surface area contributed by atoms with Crippen LogP contribution in [0.2, 0.25) is 0 Å². The summed E-state index contributed by atoms with van der Waals surface area (Å²) in [4.78, 5) is 23.9. The van der Waals surface area contributed by atoms with Gasteiger partial charge in [0, 0.05) is 13.2 Å². The summed E-state index contributed by atoms with van der Waals surface area (Å²) in [6.07, 6.45) is -0.0995. The van der Waals surface area contributed by atoms with Crippen LogP contribution in [0.25, 0.3) is 0 Å². The van der Waals surface area contributed by atoms with Crippen molar-refractivity contribution in [3.8, 4) is 11.8 Å². The Morgan fingerprint density at radius 3 is 2.74 bits per heavy atom. The Kier molecular flexibility index (Phi) is 4.93. The second-order valence-corrected chi connectivity index (χ2v) is 4.86. The van der Waals surface area contributed by atoms with Gasteiger partial charge in [-0.25, -0.2) is 9.18 Å². The maximum atomic E-state index is 13.4. The average molecular weight is 319 g/mol. The van der Waals surface area contributed by atoms with E-state index in [0.29, 0.717) is 0 Å². The van der Waals surface area contributed by atoms with Crippen LogP contribution in [0.15, 0.2) is 40.1 Å². The van der Waals surface area contributed by atoms with Gasteiger partial charge in [0.05, 0.1) is 6.54 Å². The van der Waals surface area contributed by atoms with Gasteiger partial charge >= 0.3 is 5.69 Å². The molecule has 23 heavy (non-hydrogen) atoms. The molecule has 0 aliphatic rings. The molecule has 0 fully saturated rings. The summed E-state index contributed by atoms with van der Waals surface area (Å²) in [5.41, 5.74) is -1.67. The van der Waals surface area contributed by atoms with Crippen LogP contribution in [-0.2, 0) is 13.6 Å². The first-order valence-electron chi connectivity index (χ1n) is 6.70. The van der Waals surface area contributed by atoms with E-state index in [1.165, 1.54) is 25.2 Å². The van der Waals surface area contributed by atoms with E-state index in [-0.39, 0.29) is 24.5 Å². The number of aryl methyl sites for hydroxylation is 1. The van der Waals surface area contributed by atoms with Gasteiger partial charge in [-0.3, -0.25) is 9.36 Å². The number of nitrogens with zero attached hydrogens (tertiary/aromatic N) is 3. The summed E-state index contributed by atoms with van der Waals surface area (Å²) in [5, 5.41) is 18.8. The van der Waals surface area contributed by atoms with Crippen molar-refractivity contribution in [1.29, 1.82) is 5.26 Å². The van der Waals surface area contributed by atoms with Crippen LogP contribution < -0.4 is 16.0 Å². The molecule has 0 spiro atoms. The molecule has 1 aromatic carbocycles. The Morgan fingerprint density at radius 2 is 2.09 bits per heavy atom. The van der Waals surface area contributed by atoms with Gasteiger partial charge in [-0.05, 0) is 12.1 Å². The van der Waals surface area contributed by atoms with Crippen molar-refractivity contribution < 1.29 is 14.2 Å². The van der Waals surface area contributed by atoms with Crippen molar-refractivity contribution in [2.24, 2.45) is 7.05 Å². The molecule has 1 aromatic heterocycles. The van der Waals surface area contributed by atoms with Crippen molar-refractivity contribution in [2.45, 2.75) is 12.6 Å². The zero-order valence-corrected chi connectivity index (χ0v) is 12.3. The normalized spacial score (nSPS) is 11.7. The molecule has 120 valence electrons. The monoisotopic (exact) mass is 319 g/mol.